The van der Waals surface area contributed by atoms with Crippen molar-refractivity contribution < 1.29 is 4.79 Å². The van der Waals surface area contributed by atoms with Crippen LogP contribution < -0.4 is 5.32 Å². The first-order valence-corrected chi connectivity index (χ1v) is 10.4. The summed E-state index contributed by atoms with van der Waals surface area (Å²) in [5, 5.41) is 18.1. The summed E-state index contributed by atoms with van der Waals surface area (Å²) in [4.78, 5) is 19.2. The van der Waals surface area contributed by atoms with Crippen molar-refractivity contribution in [1.82, 2.24) is 30.3 Å². The second kappa shape index (κ2) is 7.69. The molecule has 150 valence electrons. The lowest BCUT2D eigenvalue weighted by molar-refractivity contribution is 0.0705. The number of aromatic amines is 2. The number of rotatable bonds is 4. The number of nitrogens with one attached hydrogen (secondary N) is 3. The molecule has 3 aromatic rings. The molecule has 0 unspecified atom stereocenters. The fourth-order valence-corrected chi connectivity index (χ4v) is 4.38. The Morgan fingerprint density at radius 2 is 1.93 bits per heavy atom. The molecule has 1 amide bonds. The van der Waals surface area contributed by atoms with E-state index in [1.54, 1.807) is 6.20 Å². The molecule has 0 saturated carbocycles. The van der Waals surface area contributed by atoms with Crippen molar-refractivity contribution >= 4 is 17.5 Å². The number of aryl methyl sites for hydroxylation is 1. The summed E-state index contributed by atoms with van der Waals surface area (Å²) in [6.45, 7) is 1.49. The molecule has 2 aliphatic rings. The van der Waals surface area contributed by atoms with Crippen LogP contribution in [0.5, 0.6) is 0 Å². The molecule has 3 aromatic heterocycles. The lowest BCUT2D eigenvalue weighted by Crippen LogP contribution is -2.38. The molecule has 4 heterocycles. The fraction of sp³-hybridized carbons (Fsp3) is 0.429. The SMILES string of the molecule is O=C(c1n[nH]c2c1CCCC2)N1CCC(c2cc(Nc3ccccn3)n[nH]2)CC1. The van der Waals surface area contributed by atoms with Gasteiger partial charge in [-0.05, 0) is 50.7 Å². The summed E-state index contributed by atoms with van der Waals surface area (Å²) >= 11 is 0. The van der Waals surface area contributed by atoms with Crippen LogP contribution in [-0.4, -0.2) is 49.3 Å². The molecule has 0 spiro atoms. The molecule has 8 heteroatoms. The molecule has 0 radical (unpaired) electrons. The molecule has 1 aliphatic heterocycles. The Morgan fingerprint density at radius 1 is 1.07 bits per heavy atom. The minimum atomic E-state index is 0.0740. The van der Waals surface area contributed by atoms with Crippen LogP contribution in [0.25, 0.3) is 0 Å². The third kappa shape index (κ3) is 3.62. The summed E-state index contributed by atoms with van der Waals surface area (Å²) in [6.07, 6.45) is 7.88. The predicted molar refractivity (Wildman–Crippen MR) is 109 cm³/mol. The zero-order valence-electron chi connectivity index (χ0n) is 16.3. The maximum atomic E-state index is 13.0. The van der Waals surface area contributed by atoms with Gasteiger partial charge in [0.25, 0.3) is 5.91 Å². The number of carbonyl (C=O) groups is 1. The average molecular weight is 391 g/mol. The average Bonchev–Trinajstić information content (AvgIpc) is 3.41. The standard InChI is InChI=1S/C21H25N7O/c29-21(20-15-5-1-2-6-16(15)24-27-20)28-11-8-14(9-12-28)17-13-19(26-25-17)23-18-7-3-4-10-22-18/h3-4,7,10,13-14H,1-2,5-6,8-9,11-12H2,(H,24,27)(H2,22,23,25,26). The third-order valence-corrected chi connectivity index (χ3v) is 6.00. The monoisotopic (exact) mass is 391 g/mol. The number of nitrogens with zero attached hydrogens (tertiary/aromatic N) is 4. The first kappa shape index (κ1) is 17.9. The second-order valence-corrected chi connectivity index (χ2v) is 7.85. The van der Waals surface area contributed by atoms with Gasteiger partial charge in [-0.3, -0.25) is 15.0 Å². The highest BCUT2D eigenvalue weighted by Crippen LogP contribution is 2.30. The third-order valence-electron chi connectivity index (χ3n) is 6.00. The summed E-state index contributed by atoms with van der Waals surface area (Å²) in [7, 11) is 0. The zero-order chi connectivity index (χ0) is 19.6. The van der Waals surface area contributed by atoms with Gasteiger partial charge in [0.2, 0.25) is 0 Å². The van der Waals surface area contributed by atoms with E-state index >= 15 is 0 Å². The number of pyridine rings is 1. The maximum absolute atomic E-state index is 13.0. The molecule has 3 N–H and O–H groups in total. The van der Waals surface area contributed by atoms with Crippen LogP contribution in [0.1, 0.15) is 59.0 Å². The lowest BCUT2D eigenvalue weighted by atomic mass is 9.92. The first-order valence-electron chi connectivity index (χ1n) is 10.4. The van der Waals surface area contributed by atoms with Crippen molar-refractivity contribution in [3.8, 4) is 0 Å². The van der Waals surface area contributed by atoms with E-state index in [4.69, 9.17) is 0 Å². The molecule has 0 aromatic carbocycles. The first-order chi connectivity index (χ1) is 14.3. The molecule has 1 aliphatic carbocycles. The highest BCUT2D eigenvalue weighted by molar-refractivity contribution is 5.94. The Kier molecular flexibility index (Phi) is 4.75. The normalized spacial score (nSPS) is 17.2. The lowest BCUT2D eigenvalue weighted by Gasteiger charge is -2.31. The number of amides is 1. The molecule has 0 bridgehead atoms. The van der Waals surface area contributed by atoms with E-state index in [0.717, 1.165) is 73.8 Å². The minimum absolute atomic E-state index is 0.0740. The highest BCUT2D eigenvalue weighted by Gasteiger charge is 2.29. The molecule has 5 rings (SSSR count). The molecule has 0 atom stereocenters. The zero-order valence-corrected chi connectivity index (χ0v) is 16.3. The van der Waals surface area contributed by atoms with E-state index in [1.807, 2.05) is 29.2 Å². The number of piperidine rings is 1. The van der Waals surface area contributed by atoms with Gasteiger partial charge in [-0.2, -0.15) is 10.2 Å². The molecular weight excluding hydrogens is 366 g/mol. The Balaban J connectivity index is 1.21. The summed E-state index contributed by atoms with van der Waals surface area (Å²) < 4.78 is 0. The Hall–Kier alpha value is -3.16. The van der Waals surface area contributed by atoms with E-state index in [0.29, 0.717) is 11.6 Å². The van der Waals surface area contributed by atoms with Gasteiger partial charge in [-0.25, -0.2) is 4.98 Å². The van der Waals surface area contributed by atoms with Crippen molar-refractivity contribution in [2.45, 2.75) is 44.4 Å². The van der Waals surface area contributed by atoms with Crippen molar-refractivity contribution in [2.75, 3.05) is 18.4 Å². The second-order valence-electron chi connectivity index (χ2n) is 7.85. The van der Waals surface area contributed by atoms with E-state index in [-0.39, 0.29) is 5.91 Å². The number of H-pyrrole nitrogens is 2. The van der Waals surface area contributed by atoms with E-state index in [9.17, 15) is 4.79 Å². The topological polar surface area (TPSA) is 103 Å². The van der Waals surface area contributed by atoms with Crippen LogP contribution in [0.2, 0.25) is 0 Å². The van der Waals surface area contributed by atoms with Gasteiger partial charge in [0, 0.05) is 48.2 Å². The van der Waals surface area contributed by atoms with Gasteiger partial charge in [0.15, 0.2) is 11.5 Å². The predicted octanol–water partition coefficient (Wildman–Crippen LogP) is 3.17. The van der Waals surface area contributed by atoms with Gasteiger partial charge in [0.1, 0.15) is 5.82 Å². The number of hydrogen-bond donors (Lipinski definition) is 3. The summed E-state index contributed by atoms with van der Waals surface area (Å²) in [5.41, 5.74) is 4.04. The van der Waals surface area contributed by atoms with Crippen LogP contribution in [-0.2, 0) is 12.8 Å². The summed E-state index contributed by atoms with van der Waals surface area (Å²) in [5.74, 6) is 1.98. The van der Waals surface area contributed by atoms with E-state index < -0.39 is 0 Å². The van der Waals surface area contributed by atoms with Gasteiger partial charge >= 0.3 is 0 Å². The molecule has 8 nitrogen and oxygen atoms in total. The largest absolute Gasteiger partial charge is 0.337 e. The van der Waals surface area contributed by atoms with Crippen LogP contribution >= 0.6 is 0 Å². The van der Waals surface area contributed by atoms with Crippen molar-refractivity contribution in [1.29, 1.82) is 0 Å². The smallest absolute Gasteiger partial charge is 0.274 e. The van der Waals surface area contributed by atoms with Crippen molar-refractivity contribution in [3.05, 3.63) is 53.1 Å². The van der Waals surface area contributed by atoms with Gasteiger partial charge in [-0.15, -0.1) is 0 Å². The highest BCUT2D eigenvalue weighted by atomic mass is 16.2. The quantitative estimate of drug-likeness (QED) is 0.634. The number of hydrogen-bond acceptors (Lipinski definition) is 5. The summed E-state index contributed by atoms with van der Waals surface area (Å²) in [6, 6.07) is 7.77. The number of aromatic nitrogens is 5. The molecular formula is C21H25N7O. The Labute approximate surface area is 169 Å². The fourth-order valence-electron chi connectivity index (χ4n) is 4.38. The van der Waals surface area contributed by atoms with Gasteiger partial charge in [-0.1, -0.05) is 6.07 Å². The number of anilines is 2. The van der Waals surface area contributed by atoms with Gasteiger partial charge < -0.3 is 10.2 Å². The molecule has 1 saturated heterocycles. The van der Waals surface area contributed by atoms with Crippen LogP contribution in [0.3, 0.4) is 0 Å². The molecule has 1 fully saturated rings. The number of fused-ring (bicyclic) bond motifs is 1. The van der Waals surface area contributed by atoms with Crippen LogP contribution in [0, 0.1) is 0 Å². The van der Waals surface area contributed by atoms with E-state index in [1.165, 1.54) is 6.42 Å². The van der Waals surface area contributed by atoms with Crippen LogP contribution in [0.4, 0.5) is 11.6 Å². The van der Waals surface area contributed by atoms with Gasteiger partial charge in [0.05, 0.1) is 0 Å². The Bertz CT molecular complexity index is 986. The molecule has 29 heavy (non-hydrogen) atoms. The van der Waals surface area contributed by atoms with Crippen molar-refractivity contribution in [2.24, 2.45) is 0 Å². The Morgan fingerprint density at radius 3 is 2.76 bits per heavy atom. The number of likely N-dealkylation sites (tertiary alicyclic amines) is 1. The van der Waals surface area contributed by atoms with E-state index in [2.05, 4.69) is 30.7 Å². The maximum Gasteiger partial charge on any atom is 0.274 e. The van der Waals surface area contributed by atoms with Crippen LogP contribution in [0.15, 0.2) is 30.5 Å². The van der Waals surface area contributed by atoms with Crippen molar-refractivity contribution in [3.63, 3.8) is 0 Å². The number of carbonyl (C=O) groups excluding carboxylic acids is 1. The minimum Gasteiger partial charge on any atom is -0.337 e.